The maximum Gasteiger partial charge on any atom is 0.269 e. The van der Waals surface area contributed by atoms with Crippen molar-refractivity contribution in [3.63, 3.8) is 0 Å². The Kier molecular flexibility index (Phi) is 4.79. The van der Waals surface area contributed by atoms with E-state index in [4.69, 9.17) is 0 Å². The third-order valence-corrected chi connectivity index (χ3v) is 3.01. The largest absolute Gasteiger partial charge is 0.350 e. The zero-order valence-electron chi connectivity index (χ0n) is 10.4. The van der Waals surface area contributed by atoms with Crippen LogP contribution in [-0.2, 0) is 6.42 Å². The van der Waals surface area contributed by atoms with Crippen LogP contribution < -0.4 is 5.32 Å². The van der Waals surface area contributed by atoms with Crippen molar-refractivity contribution in [3.8, 4) is 0 Å². The molecular weight excluding hydrogens is 330 g/mol. The number of carbonyl (C=O) groups is 1. The minimum Gasteiger partial charge on any atom is -0.350 e. The molecule has 1 amide bonds. The molecular formula is C14H11BrF2N2O. The summed E-state index contributed by atoms with van der Waals surface area (Å²) in [6.07, 6.45) is 0.342. The lowest BCUT2D eigenvalue weighted by atomic mass is 10.1. The van der Waals surface area contributed by atoms with Crippen LogP contribution in [0.4, 0.5) is 8.78 Å². The van der Waals surface area contributed by atoms with Gasteiger partial charge in [-0.25, -0.2) is 13.8 Å². The van der Waals surface area contributed by atoms with Crippen LogP contribution in [0.2, 0.25) is 0 Å². The minimum absolute atomic E-state index is 0.274. The fourth-order valence-corrected chi connectivity index (χ4v) is 2.04. The van der Waals surface area contributed by atoms with E-state index < -0.39 is 11.6 Å². The van der Waals surface area contributed by atoms with Crippen LogP contribution in [-0.4, -0.2) is 17.4 Å². The van der Waals surface area contributed by atoms with Crippen LogP contribution in [0.1, 0.15) is 16.1 Å². The summed E-state index contributed by atoms with van der Waals surface area (Å²) in [5.41, 5.74) is 0.773. The molecule has 0 saturated heterocycles. The number of halogens is 3. The predicted octanol–water partition coefficient (Wildman–Crippen LogP) is 3.09. The van der Waals surface area contributed by atoms with Crippen molar-refractivity contribution in [3.05, 3.63) is 63.9 Å². The molecule has 2 rings (SSSR count). The average molecular weight is 341 g/mol. The van der Waals surface area contributed by atoms with Crippen LogP contribution in [0.25, 0.3) is 0 Å². The summed E-state index contributed by atoms with van der Waals surface area (Å²) in [5, 5.41) is 2.65. The first kappa shape index (κ1) is 14.6. The van der Waals surface area contributed by atoms with Gasteiger partial charge in [-0.05, 0) is 52.2 Å². The maximum atomic E-state index is 13.0. The molecule has 104 valence electrons. The zero-order valence-corrected chi connectivity index (χ0v) is 12.0. The first-order valence-electron chi connectivity index (χ1n) is 5.90. The highest BCUT2D eigenvalue weighted by Crippen LogP contribution is 2.09. The molecule has 1 aromatic carbocycles. The fourth-order valence-electron chi connectivity index (χ4n) is 1.70. The lowest BCUT2D eigenvalue weighted by molar-refractivity contribution is 0.0949. The van der Waals surface area contributed by atoms with E-state index in [9.17, 15) is 13.6 Å². The van der Waals surface area contributed by atoms with E-state index in [0.29, 0.717) is 16.6 Å². The number of nitrogens with one attached hydrogen (secondary N) is 1. The van der Waals surface area contributed by atoms with Crippen molar-refractivity contribution in [2.45, 2.75) is 6.42 Å². The maximum absolute atomic E-state index is 13.0. The molecule has 0 spiro atoms. The molecule has 0 bridgehead atoms. The number of aromatic nitrogens is 1. The van der Waals surface area contributed by atoms with Crippen molar-refractivity contribution in [1.29, 1.82) is 0 Å². The number of carbonyl (C=O) groups excluding carboxylic acids is 1. The summed E-state index contributed by atoms with van der Waals surface area (Å²) in [6.45, 7) is 0.274. The molecule has 0 aliphatic heterocycles. The Bertz CT molecular complexity index is 614. The van der Waals surface area contributed by atoms with Crippen LogP contribution in [0.15, 0.2) is 41.0 Å². The molecule has 2 aromatic rings. The fraction of sp³-hybridized carbons (Fsp3) is 0.143. The first-order valence-corrected chi connectivity index (χ1v) is 6.69. The molecule has 0 saturated carbocycles. The van der Waals surface area contributed by atoms with E-state index >= 15 is 0 Å². The Balaban J connectivity index is 1.91. The number of nitrogens with zero attached hydrogens (tertiary/aromatic N) is 1. The monoisotopic (exact) mass is 340 g/mol. The summed E-state index contributed by atoms with van der Waals surface area (Å²) in [5.74, 6) is -1.58. The van der Waals surface area contributed by atoms with E-state index in [-0.39, 0.29) is 18.1 Å². The molecule has 0 fully saturated rings. The Hall–Kier alpha value is -1.82. The number of benzene rings is 1. The Morgan fingerprint density at radius 2 is 1.90 bits per heavy atom. The lowest BCUT2D eigenvalue weighted by Crippen LogP contribution is -2.26. The molecule has 1 aromatic heterocycles. The van der Waals surface area contributed by atoms with E-state index in [1.165, 1.54) is 12.1 Å². The Morgan fingerprint density at radius 1 is 1.20 bits per heavy atom. The van der Waals surface area contributed by atoms with Crippen LogP contribution in [0, 0.1) is 11.6 Å². The van der Waals surface area contributed by atoms with Crippen molar-refractivity contribution in [2.75, 3.05) is 6.54 Å². The summed E-state index contributed by atoms with van der Waals surface area (Å²) in [7, 11) is 0. The molecule has 0 aliphatic carbocycles. The van der Waals surface area contributed by atoms with Gasteiger partial charge in [0.2, 0.25) is 0 Å². The van der Waals surface area contributed by atoms with Crippen molar-refractivity contribution < 1.29 is 13.6 Å². The van der Waals surface area contributed by atoms with Gasteiger partial charge >= 0.3 is 0 Å². The number of rotatable bonds is 4. The van der Waals surface area contributed by atoms with Gasteiger partial charge in [0, 0.05) is 12.6 Å². The molecule has 0 atom stereocenters. The summed E-state index contributed by atoms with van der Waals surface area (Å²) in [6, 6.07) is 8.30. The van der Waals surface area contributed by atoms with E-state index in [2.05, 4.69) is 26.2 Å². The van der Waals surface area contributed by atoms with Gasteiger partial charge in [0.25, 0.3) is 5.91 Å². The standard InChI is InChI=1S/C14H11BrF2N2O/c15-13-3-1-2-12(19-13)14(20)18-5-4-9-6-10(16)8-11(17)7-9/h1-3,6-8H,4-5H2,(H,18,20). The van der Waals surface area contributed by atoms with Gasteiger partial charge in [-0.2, -0.15) is 0 Å². The van der Waals surface area contributed by atoms with Crippen molar-refractivity contribution >= 4 is 21.8 Å². The van der Waals surface area contributed by atoms with Gasteiger partial charge in [0.05, 0.1) is 0 Å². The highest BCUT2D eigenvalue weighted by atomic mass is 79.9. The van der Waals surface area contributed by atoms with Gasteiger partial charge < -0.3 is 5.32 Å². The highest BCUT2D eigenvalue weighted by Gasteiger charge is 2.07. The second-order valence-corrected chi connectivity index (χ2v) is 4.94. The predicted molar refractivity (Wildman–Crippen MR) is 74.3 cm³/mol. The topological polar surface area (TPSA) is 42.0 Å². The summed E-state index contributed by atoms with van der Waals surface area (Å²) >= 11 is 3.18. The SMILES string of the molecule is O=C(NCCc1cc(F)cc(F)c1)c1cccc(Br)n1. The molecule has 6 heteroatoms. The van der Waals surface area contributed by atoms with Crippen LogP contribution in [0.5, 0.6) is 0 Å². The van der Waals surface area contributed by atoms with Crippen molar-refractivity contribution in [2.24, 2.45) is 0 Å². The van der Waals surface area contributed by atoms with Gasteiger partial charge in [-0.1, -0.05) is 6.07 Å². The van der Waals surface area contributed by atoms with Gasteiger partial charge in [0.15, 0.2) is 0 Å². The molecule has 1 N–H and O–H groups in total. The molecule has 0 unspecified atom stereocenters. The van der Waals surface area contributed by atoms with Crippen LogP contribution in [0.3, 0.4) is 0 Å². The number of hydrogen-bond acceptors (Lipinski definition) is 2. The quantitative estimate of drug-likeness (QED) is 0.869. The smallest absolute Gasteiger partial charge is 0.269 e. The Labute approximate surface area is 123 Å². The van der Waals surface area contributed by atoms with E-state index in [1.807, 2.05) is 0 Å². The average Bonchev–Trinajstić information content (AvgIpc) is 2.37. The van der Waals surface area contributed by atoms with Crippen LogP contribution >= 0.6 is 15.9 Å². The minimum atomic E-state index is -0.625. The molecule has 0 aliphatic rings. The molecule has 20 heavy (non-hydrogen) atoms. The number of pyridine rings is 1. The second-order valence-electron chi connectivity index (χ2n) is 4.13. The van der Waals surface area contributed by atoms with Gasteiger partial charge in [0.1, 0.15) is 21.9 Å². The third-order valence-electron chi connectivity index (χ3n) is 2.57. The highest BCUT2D eigenvalue weighted by molar-refractivity contribution is 9.10. The summed E-state index contributed by atoms with van der Waals surface area (Å²) in [4.78, 5) is 15.8. The van der Waals surface area contributed by atoms with Gasteiger partial charge in [-0.3, -0.25) is 4.79 Å². The lowest BCUT2D eigenvalue weighted by Gasteiger charge is -2.05. The first-order chi connectivity index (χ1) is 9.54. The number of amides is 1. The van der Waals surface area contributed by atoms with Gasteiger partial charge in [-0.15, -0.1) is 0 Å². The molecule has 1 heterocycles. The second kappa shape index (κ2) is 6.56. The number of hydrogen-bond donors (Lipinski definition) is 1. The van der Waals surface area contributed by atoms with E-state index in [0.717, 1.165) is 6.07 Å². The Morgan fingerprint density at radius 3 is 2.55 bits per heavy atom. The molecule has 3 nitrogen and oxygen atoms in total. The van der Waals surface area contributed by atoms with E-state index in [1.54, 1.807) is 18.2 Å². The molecule has 0 radical (unpaired) electrons. The summed E-state index contributed by atoms with van der Waals surface area (Å²) < 4.78 is 26.5. The van der Waals surface area contributed by atoms with Crippen molar-refractivity contribution in [1.82, 2.24) is 10.3 Å². The zero-order chi connectivity index (χ0) is 14.5. The third kappa shape index (κ3) is 4.09. The normalized spacial score (nSPS) is 10.3.